The summed E-state index contributed by atoms with van der Waals surface area (Å²) in [7, 11) is 0. The first-order chi connectivity index (χ1) is 9.08. The van der Waals surface area contributed by atoms with Gasteiger partial charge in [-0.15, -0.1) is 0 Å². The summed E-state index contributed by atoms with van der Waals surface area (Å²) in [5.74, 6) is -0.407. The van der Waals surface area contributed by atoms with Crippen molar-refractivity contribution >= 4 is 23.2 Å². The number of hydrogen-bond acceptors (Lipinski definition) is 1. The van der Waals surface area contributed by atoms with Crippen LogP contribution in [0, 0.1) is 5.82 Å². The molecule has 0 heterocycles. The van der Waals surface area contributed by atoms with Gasteiger partial charge in [0.05, 0.1) is 5.02 Å². The Hall–Kier alpha value is -0.310. The highest BCUT2D eigenvalue weighted by Gasteiger charge is 2.18. The standard InChI is InChI=1S/C15H20Cl2FN/c1-10(19-11-6-4-2-3-5-7-11)12-8-15(18)14(17)9-13(12)16/h8-11,19H,2-7H2,1H3. The van der Waals surface area contributed by atoms with Crippen LogP contribution in [0.5, 0.6) is 0 Å². The summed E-state index contributed by atoms with van der Waals surface area (Å²) in [4.78, 5) is 0. The van der Waals surface area contributed by atoms with Gasteiger partial charge in [0, 0.05) is 17.1 Å². The van der Waals surface area contributed by atoms with E-state index in [0.29, 0.717) is 11.1 Å². The molecule has 0 radical (unpaired) electrons. The monoisotopic (exact) mass is 303 g/mol. The van der Waals surface area contributed by atoms with E-state index < -0.39 is 5.82 Å². The Morgan fingerprint density at radius 3 is 2.37 bits per heavy atom. The first kappa shape index (κ1) is 15.1. The molecule has 1 aliphatic rings. The molecule has 0 aromatic heterocycles. The maximum atomic E-state index is 13.5. The van der Waals surface area contributed by atoms with Gasteiger partial charge < -0.3 is 5.32 Å². The second kappa shape index (κ2) is 6.92. The number of nitrogens with one attached hydrogen (secondary N) is 1. The SMILES string of the molecule is CC(NC1CCCCCC1)c1cc(F)c(Cl)cc1Cl. The van der Waals surface area contributed by atoms with Gasteiger partial charge in [-0.3, -0.25) is 0 Å². The van der Waals surface area contributed by atoms with Gasteiger partial charge in [0.15, 0.2) is 0 Å². The molecular formula is C15H20Cl2FN. The Balaban J connectivity index is 2.06. The lowest BCUT2D eigenvalue weighted by Gasteiger charge is -2.23. The summed E-state index contributed by atoms with van der Waals surface area (Å²) in [5, 5.41) is 4.18. The molecule has 1 fully saturated rings. The normalized spacial score (nSPS) is 19.2. The maximum absolute atomic E-state index is 13.5. The molecule has 106 valence electrons. The molecule has 4 heteroatoms. The van der Waals surface area contributed by atoms with Crippen molar-refractivity contribution in [2.24, 2.45) is 0 Å². The van der Waals surface area contributed by atoms with E-state index in [1.165, 1.54) is 50.7 Å². The molecule has 0 spiro atoms. The van der Waals surface area contributed by atoms with Crippen molar-refractivity contribution in [3.05, 3.63) is 33.6 Å². The third-order valence-corrected chi connectivity index (χ3v) is 4.46. The first-order valence-electron chi connectivity index (χ1n) is 6.98. The van der Waals surface area contributed by atoms with E-state index in [0.717, 1.165) is 5.56 Å². The Kier molecular flexibility index (Phi) is 5.49. The summed E-state index contributed by atoms with van der Waals surface area (Å²) in [6, 6.07) is 3.48. The van der Waals surface area contributed by atoms with Gasteiger partial charge in [-0.1, -0.05) is 48.9 Å². The van der Waals surface area contributed by atoms with Crippen molar-refractivity contribution in [1.82, 2.24) is 5.32 Å². The van der Waals surface area contributed by atoms with Crippen molar-refractivity contribution in [3.63, 3.8) is 0 Å². The summed E-state index contributed by atoms with van der Waals surface area (Å²) in [6.07, 6.45) is 7.57. The largest absolute Gasteiger partial charge is 0.307 e. The van der Waals surface area contributed by atoms with Crippen LogP contribution in [0.25, 0.3) is 0 Å². The van der Waals surface area contributed by atoms with Crippen LogP contribution in [0.2, 0.25) is 10.0 Å². The molecule has 0 saturated heterocycles. The van der Waals surface area contributed by atoms with Gasteiger partial charge >= 0.3 is 0 Å². The van der Waals surface area contributed by atoms with Crippen LogP contribution in [0.15, 0.2) is 12.1 Å². The Morgan fingerprint density at radius 2 is 1.74 bits per heavy atom. The molecular weight excluding hydrogens is 284 g/mol. The molecule has 1 unspecified atom stereocenters. The minimum atomic E-state index is -0.407. The topological polar surface area (TPSA) is 12.0 Å². The van der Waals surface area contributed by atoms with Crippen LogP contribution in [-0.4, -0.2) is 6.04 Å². The molecule has 0 aliphatic heterocycles. The van der Waals surface area contributed by atoms with Gasteiger partial charge in [-0.2, -0.15) is 0 Å². The molecule has 1 aromatic carbocycles. The van der Waals surface area contributed by atoms with Crippen molar-refractivity contribution in [1.29, 1.82) is 0 Å². The van der Waals surface area contributed by atoms with E-state index in [4.69, 9.17) is 23.2 Å². The lowest BCUT2D eigenvalue weighted by Crippen LogP contribution is -2.31. The summed E-state index contributed by atoms with van der Waals surface area (Å²) >= 11 is 11.9. The van der Waals surface area contributed by atoms with Crippen molar-refractivity contribution in [3.8, 4) is 0 Å². The molecule has 1 aliphatic carbocycles. The van der Waals surface area contributed by atoms with E-state index in [-0.39, 0.29) is 11.1 Å². The van der Waals surface area contributed by atoms with Gasteiger partial charge in [-0.05, 0) is 37.5 Å². The zero-order valence-corrected chi connectivity index (χ0v) is 12.7. The molecule has 1 saturated carbocycles. The predicted octanol–water partition coefficient (Wildman–Crippen LogP) is 5.51. The number of halogens is 3. The third kappa shape index (κ3) is 4.08. The van der Waals surface area contributed by atoms with E-state index in [2.05, 4.69) is 5.32 Å². The van der Waals surface area contributed by atoms with E-state index in [9.17, 15) is 4.39 Å². The molecule has 19 heavy (non-hydrogen) atoms. The number of benzene rings is 1. The fraction of sp³-hybridized carbons (Fsp3) is 0.600. The van der Waals surface area contributed by atoms with Crippen molar-refractivity contribution in [2.45, 2.75) is 57.5 Å². The minimum absolute atomic E-state index is 0.0439. The zero-order valence-electron chi connectivity index (χ0n) is 11.2. The second-order valence-corrected chi connectivity index (χ2v) is 6.18. The van der Waals surface area contributed by atoms with Crippen LogP contribution < -0.4 is 5.32 Å². The van der Waals surface area contributed by atoms with Crippen molar-refractivity contribution < 1.29 is 4.39 Å². The van der Waals surface area contributed by atoms with Crippen LogP contribution in [0.3, 0.4) is 0 Å². The molecule has 0 amide bonds. The van der Waals surface area contributed by atoms with Gasteiger partial charge in [0.25, 0.3) is 0 Å². The summed E-state index contributed by atoms with van der Waals surface area (Å²) in [6.45, 7) is 2.03. The van der Waals surface area contributed by atoms with Crippen LogP contribution in [-0.2, 0) is 0 Å². The van der Waals surface area contributed by atoms with E-state index in [1.807, 2.05) is 6.92 Å². The lowest BCUT2D eigenvalue weighted by molar-refractivity contribution is 0.413. The highest BCUT2D eigenvalue weighted by atomic mass is 35.5. The minimum Gasteiger partial charge on any atom is -0.307 e. The lowest BCUT2D eigenvalue weighted by atomic mass is 10.0. The Labute approximate surface area is 124 Å². The van der Waals surface area contributed by atoms with Crippen molar-refractivity contribution in [2.75, 3.05) is 0 Å². The van der Waals surface area contributed by atoms with Crippen LogP contribution in [0.4, 0.5) is 4.39 Å². The fourth-order valence-corrected chi connectivity index (χ4v) is 3.31. The van der Waals surface area contributed by atoms with E-state index in [1.54, 1.807) is 0 Å². The predicted molar refractivity (Wildman–Crippen MR) is 79.5 cm³/mol. The van der Waals surface area contributed by atoms with Crippen LogP contribution in [0.1, 0.15) is 57.1 Å². The molecule has 1 nitrogen and oxygen atoms in total. The Morgan fingerprint density at radius 1 is 1.11 bits per heavy atom. The van der Waals surface area contributed by atoms with Crippen LogP contribution >= 0.6 is 23.2 Å². The maximum Gasteiger partial charge on any atom is 0.142 e. The zero-order chi connectivity index (χ0) is 13.8. The molecule has 1 aromatic rings. The number of hydrogen-bond donors (Lipinski definition) is 1. The summed E-state index contributed by atoms with van der Waals surface area (Å²) in [5.41, 5.74) is 0.785. The Bertz CT molecular complexity index is 428. The van der Waals surface area contributed by atoms with E-state index >= 15 is 0 Å². The number of rotatable bonds is 3. The quantitative estimate of drug-likeness (QED) is 0.574. The molecule has 1 N–H and O–H groups in total. The van der Waals surface area contributed by atoms with Gasteiger partial charge in [0.1, 0.15) is 5.82 Å². The fourth-order valence-electron chi connectivity index (χ4n) is 2.76. The first-order valence-corrected chi connectivity index (χ1v) is 7.74. The average molecular weight is 304 g/mol. The third-order valence-electron chi connectivity index (χ3n) is 3.85. The average Bonchev–Trinajstić information content (AvgIpc) is 2.62. The van der Waals surface area contributed by atoms with Gasteiger partial charge in [0.2, 0.25) is 0 Å². The second-order valence-electron chi connectivity index (χ2n) is 5.36. The summed E-state index contributed by atoms with van der Waals surface area (Å²) < 4.78 is 13.5. The smallest absolute Gasteiger partial charge is 0.142 e. The highest BCUT2D eigenvalue weighted by molar-refractivity contribution is 6.35. The molecule has 2 rings (SSSR count). The molecule has 0 bridgehead atoms. The highest BCUT2D eigenvalue weighted by Crippen LogP contribution is 2.29. The molecule has 1 atom stereocenters. The van der Waals surface area contributed by atoms with Gasteiger partial charge in [-0.25, -0.2) is 4.39 Å².